The van der Waals surface area contributed by atoms with Crippen molar-refractivity contribution in [1.82, 2.24) is 35.1 Å². The smallest absolute Gasteiger partial charge is 0.225 e. The number of hydrogen-bond donors (Lipinski definition) is 1. The van der Waals surface area contributed by atoms with Gasteiger partial charge in [0.2, 0.25) is 5.91 Å². The van der Waals surface area contributed by atoms with Gasteiger partial charge in [0.1, 0.15) is 12.2 Å². The number of aromatic nitrogens is 6. The molecule has 1 amide bonds. The van der Waals surface area contributed by atoms with Gasteiger partial charge in [-0.2, -0.15) is 0 Å². The SMILES string of the molecule is Cc1cc2nc([C@H]3CCCN3C(=O)CCn3cnnn3)[nH]c2cc1C. The number of carbonyl (C=O) groups is 1. The van der Waals surface area contributed by atoms with Crippen LogP contribution in [0.3, 0.4) is 0 Å². The number of carbonyl (C=O) groups excluding carboxylic acids is 1. The lowest BCUT2D eigenvalue weighted by Gasteiger charge is -2.23. The Morgan fingerprint density at radius 3 is 2.96 bits per heavy atom. The summed E-state index contributed by atoms with van der Waals surface area (Å²) in [5.41, 5.74) is 4.46. The van der Waals surface area contributed by atoms with Crippen LogP contribution in [0.1, 0.15) is 42.3 Å². The van der Waals surface area contributed by atoms with Crippen LogP contribution in [0.4, 0.5) is 0 Å². The Labute approximate surface area is 145 Å². The van der Waals surface area contributed by atoms with Crippen LogP contribution in [0.15, 0.2) is 18.5 Å². The lowest BCUT2D eigenvalue weighted by molar-refractivity contribution is -0.132. The van der Waals surface area contributed by atoms with Gasteiger partial charge in [-0.1, -0.05) is 0 Å². The van der Waals surface area contributed by atoms with E-state index in [1.807, 2.05) is 4.90 Å². The van der Waals surface area contributed by atoms with Crippen LogP contribution in [0.25, 0.3) is 11.0 Å². The molecule has 130 valence electrons. The number of hydrogen-bond acceptors (Lipinski definition) is 5. The van der Waals surface area contributed by atoms with Crippen molar-refractivity contribution in [1.29, 1.82) is 0 Å². The van der Waals surface area contributed by atoms with Gasteiger partial charge < -0.3 is 9.88 Å². The zero-order valence-corrected chi connectivity index (χ0v) is 14.4. The van der Waals surface area contributed by atoms with Gasteiger partial charge in [-0.15, -0.1) is 5.10 Å². The first-order valence-electron chi connectivity index (χ1n) is 8.59. The monoisotopic (exact) mass is 339 g/mol. The van der Waals surface area contributed by atoms with Crippen LogP contribution < -0.4 is 0 Å². The van der Waals surface area contributed by atoms with E-state index in [1.54, 1.807) is 4.68 Å². The molecule has 1 aliphatic rings. The summed E-state index contributed by atoms with van der Waals surface area (Å²) in [7, 11) is 0. The fraction of sp³-hybridized carbons (Fsp3) is 0.471. The highest BCUT2D eigenvalue weighted by Crippen LogP contribution is 2.32. The van der Waals surface area contributed by atoms with Crippen LogP contribution in [0.5, 0.6) is 0 Å². The molecule has 1 N–H and O–H groups in total. The number of fused-ring (bicyclic) bond motifs is 1. The van der Waals surface area contributed by atoms with E-state index in [9.17, 15) is 4.79 Å². The quantitative estimate of drug-likeness (QED) is 0.784. The molecule has 0 aliphatic carbocycles. The molecule has 1 aromatic carbocycles. The number of amides is 1. The summed E-state index contributed by atoms with van der Waals surface area (Å²) in [6.45, 7) is 5.45. The number of nitrogens with zero attached hydrogens (tertiary/aromatic N) is 6. The summed E-state index contributed by atoms with van der Waals surface area (Å²) in [4.78, 5) is 22.8. The molecular formula is C17H21N7O. The van der Waals surface area contributed by atoms with Gasteiger partial charge in [-0.05, 0) is 60.4 Å². The topological polar surface area (TPSA) is 92.6 Å². The van der Waals surface area contributed by atoms with Crippen LogP contribution in [0, 0.1) is 13.8 Å². The Morgan fingerprint density at radius 2 is 2.16 bits per heavy atom. The third kappa shape index (κ3) is 2.99. The van der Waals surface area contributed by atoms with E-state index < -0.39 is 0 Å². The lowest BCUT2D eigenvalue weighted by Crippen LogP contribution is -2.31. The predicted octanol–water partition coefficient (Wildman–Crippen LogP) is 1.92. The zero-order valence-electron chi connectivity index (χ0n) is 14.4. The second-order valence-electron chi connectivity index (χ2n) is 6.64. The molecule has 25 heavy (non-hydrogen) atoms. The minimum absolute atomic E-state index is 0.0226. The number of tetrazole rings is 1. The van der Waals surface area contributed by atoms with E-state index in [-0.39, 0.29) is 11.9 Å². The highest BCUT2D eigenvalue weighted by molar-refractivity contribution is 5.79. The highest BCUT2D eigenvalue weighted by Gasteiger charge is 2.31. The second-order valence-corrected chi connectivity index (χ2v) is 6.64. The summed E-state index contributed by atoms with van der Waals surface area (Å²) in [6, 6.07) is 4.25. The molecule has 1 aliphatic heterocycles. The molecule has 3 aromatic rings. The molecular weight excluding hydrogens is 318 g/mol. The molecule has 0 bridgehead atoms. The normalized spacial score (nSPS) is 17.5. The van der Waals surface area contributed by atoms with Crippen molar-refractivity contribution >= 4 is 16.9 Å². The van der Waals surface area contributed by atoms with E-state index in [2.05, 4.69) is 46.5 Å². The van der Waals surface area contributed by atoms with E-state index in [4.69, 9.17) is 4.98 Å². The third-order valence-corrected chi connectivity index (χ3v) is 4.95. The van der Waals surface area contributed by atoms with E-state index in [0.29, 0.717) is 13.0 Å². The average Bonchev–Trinajstić information content (AvgIpc) is 3.33. The minimum atomic E-state index is 0.0226. The molecule has 2 aromatic heterocycles. The van der Waals surface area contributed by atoms with E-state index in [0.717, 1.165) is 36.2 Å². The number of aromatic amines is 1. The fourth-order valence-electron chi connectivity index (χ4n) is 3.43. The van der Waals surface area contributed by atoms with Gasteiger partial charge in [0.15, 0.2) is 0 Å². The first kappa shape index (κ1) is 15.7. The lowest BCUT2D eigenvalue weighted by atomic mass is 10.1. The van der Waals surface area contributed by atoms with Gasteiger partial charge >= 0.3 is 0 Å². The Bertz CT molecular complexity index is 860. The van der Waals surface area contributed by atoms with Crippen molar-refractivity contribution in [2.45, 2.75) is 45.7 Å². The third-order valence-electron chi connectivity index (χ3n) is 4.95. The first-order valence-corrected chi connectivity index (χ1v) is 8.59. The summed E-state index contributed by atoms with van der Waals surface area (Å²) in [5, 5.41) is 11.0. The molecule has 0 spiro atoms. The Hall–Kier alpha value is -2.77. The minimum Gasteiger partial charge on any atom is -0.340 e. The maximum atomic E-state index is 12.7. The van der Waals surface area contributed by atoms with Gasteiger partial charge in [-0.25, -0.2) is 9.67 Å². The fourth-order valence-corrected chi connectivity index (χ4v) is 3.43. The molecule has 8 heteroatoms. The number of H-pyrrole nitrogens is 1. The second kappa shape index (κ2) is 6.27. The van der Waals surface area contributed by atoms with Crippen LogP contribution in [0.2, 0.25) is 0 Å². The van der Waals surface area contributed by atoms with Crippen molar-refractivity contribution in [2.75, 3.05) is 6.54 Å². The number of likely N-dealkylation sites (tertiary alicyclic amines) is 1. The van der Waals surface area contributed by atoms with Crippen molar-refractivity contribution in [2.24, 2.45) is 0 Å². The van der Waals surface area contributed by atoms with Crippen molar-refractivity contribution in [3.63, 3.8) is 0 Å². The van der Waals surface area contributed by atoms with Crippen molar-refractivity contribution in [3.05, 3.63) is 35.4 Å². The first-order chi connectivity index (χ1) is 12.1. The molecule has 4 rings (SSSR count). The Kier molecular flexibility index (Phi) is 3.95. The number of rotatable bonds is 4. The van der Waals surface area contributed by atoms with E-state index in [1.165, 1.54) is 17.5 Å². The zero-order chi connectivity index (χ0) is 17.4. The van der Waals surface area contributed by atoms with Crippen LogP contribution >= 0.6 is 0 Å². The molecule has 1 saturated heterocycles. The summed E-state index contributed by atoms with van der Waals surface area (Å²) >= 11 is 0. The standard InChI is InChI=1S/C17H21N7O/c1-11-8-13-14(9-12(11)2)20-17(19-13)15-4-3-6-24(15)16(25)5-7-23-10-18-21-22-23/h8-10,15H,3-7H2,1-2H3,(H,19,20)/t15-/m1/s1. The number of aryl methyl sites for hydroxylation is 3. The highest BCUT2D eigenvalue weighted by atomic mass is 16.2. The Morgan fingerprint density at radius 1 is 1.32 bits per heavy atom. The van der Waals surface area contributed by atoms with Gasteiger partial charge in [0.05, 0.1) is 23.6 Å². The molecule has 0 unspecified atom stereocenters. The van der Waals surface area contributed by atoms with Crippen molar-refractivity contribution in [3.8, 4) is 0 Å². The number of imidazole rings is 1. The van der Waals surface area contributed by atoms with Gasteiger partial charge in [0, 0.05) is 13.0 Å². The van der Waals surface area contributed by atoms with Crippen LogP contribution in [-0.4, -0.2) is 47.5 Å². The molecule has 1 fully saturated rings. The summed E-state index contributed by atoms with van der Waals surface area (Å²) < 4.78 is 1.58. The summed E-state index contributed by atoms with van der Waals surface area (Å²) in [5.74, 6) is 0.999. The van der Waals surface area contributed by atoms with Crippen molar-refractivity contribution < 1.29 is 4.79 Å². The average molecular weight is 339 g/mol. The van der Waals surface area contributed by atoms with E-state index >= 15 is 0 Å². The maximum Gasteiger partial charge on any atom is 0.225 e. The Balaban J connectivity index is 1.53. The van der Waals surface area contributed by atoms with Gasteiger partial charge in [-0.3, -0.25) is 4.79 Å². The van der Waals surface area contributed by atoms with Crippen LogP contribution in [-0.2, 0) is 11.3 Å². The molecule has 8 nitrogen and oxygen atoms in total. The largest absolute Gasteiger partial charge is 0.340 e. The maximum absolute atomic E-state index is 12.7. The molecule has 0 radical (unpaired) electrons. The molecule has 3 heterocycles. The van der Waals surface area contributed by atoms with Gasteiger partial charge in [0.25, 0.3) is 0 Å². The number of nitrogens with one attached hydrogen (secondary N) is 1. The summed E-state index contributed by atoms with van der Waals surface area (Å²) in [6.07, 6.45) is 3.85. The predicted molar refractivity (Wildman–Crippen MR) is 91.7 cm³/mol. The molecule has 0 saturated carbocycles. The molecule has 1 atom stereocenters. The number of benzene rings is 1.